The number of hydrogen-bond donors (Lipinski definition) is 0. The summed E-state index contributed by atoms with van der Waals surface area (Å²) < 4.78 is 0. The Balaban J connectivity index is 2.70. The van der Waals surface area contributed by atoms with Gasteiger partial charge < -0.3 is 0 Å². The van der Waals surface area contributed by atoms with Gasteiger partial charge in [0.25, 0.3) is 0 Å². The molecule has 0 N–H and O–H groups in total. The maximum absolute atomic E-state index is 4.50. The first-order chi connectivity index (χ1) is 6.75. The van der Waals surface area contributed by atoms with E-state index in [9.17, 15) is 0 Å². The average Bonchev–Trinajstić information content (AvgIpc) is 2.16. The third-order valence-corrected chi connectivity index (χ3v) is 2.85. The monoisotopic (exact) mass is 207 g/mol. The van der Waals surface area contributed by atoms with E-state index in [0.717, 1.165) is 17.2 Å². The van der Waals surface area contributed by atoms with Crippen molar-refractivity contribution in [3.05, 3.63) is 29.3 Å². The van der Waals surface area contributed by atoms with Gasteiger partial charge in [-0.05, 0) is 30.7 Å². The van der Waals surface area contributed by atoms with Gasteiger partial charge in [-0.2, -0.15) is 11.8 Å². The highest BCUT2D eigenvalue weighted by Crippen LogP contribution is 2.22. The first kappa shape index (κ1) is 11.3. The molecule has 0 saturated carbocycles. The fourth-order valence-corrected chi connectivity index (χ4v) is 1.72. The minimum absolute atomic E-state index is 1.00. The topological polar surface area (TPSA) is 12.4 Å². The first-order valence-electron chi connectivity index (χ1n) is 4.92. The number of rotatable bonds is 4. The van der Waals surface area contributed by atoms with Crippen molar-refractivity contribution in [3.63, 3.8) is 0 Å². The number of para-hydroxylation sites is 1. The highest BCUT2D eigenvalue weighted by Gasteiger charge is 1.97. The zero-order valence-corrected chi connectivity index (χ0v) is 9.90. The Morgan fingerprint density at radius 2 is 1.93 bits per heavy atom. The Kier molecular flexibility index (Phi) is 4.74. The number of aliphatic imine (C=N–C) groups is 1. The number of aryl methyl sites for hydroxylation is 2. The Labute approximate surface area is 90.6 Å². The number of nitrogens with zero attached hydrogens (tertiary/aromatic N) is 1. The van der Waals surface area contributed by atoms with Gasteiger partial charge in [-0.1, -0.05) is 25.1 Å². The van der Waals surface area contributed by atoms with Gasteiger partial charge in [0.05, 0.1) is 5.69 Å². The summed E-state index contributed by atoms with van der Waals surface area (Å²) in [4.78, 5) is 4.50. The molecule has 2 heteroatoms. The van der Waals surface area contributed by atoms with Crippen LogP contribution in [0.2, 0.25) is 0 Å². The molecule has 0 aromatic heterocycles. The van der Waals surface area contributed by atoms with Crippen molar-refractivity contribution < 1.29 is 0 Å². The molecule has 1 aromatic rings. The van der Waals surface area contributed by atoms with Crippen molar-refractivity contribution in [3.8, 4) is 0 Å². The van der Waals surface area contributed by atoms with E-state index in [-0.39, 0.29) is 0 Å². The second kappa shape index (κ2) is 5.86. The van der Waals surface area contributed by atoms with Crippen molar-refractivity contribution >= 4 is 23.7 Å². The van der Waals surface area contributed by atoms with E-state index in [1.807, 2.05) is 18.0 Å². The first-order valence-corrected chi connectivity index (χ1v) is 6.07. The molecule has 76 valence electrons. The zero-order chi connectivity index (χ0) is 10.4. The van der Waals surface area contributed by atoms with E-state index >= 15 is 0 Å². The molecule has 1 aromatic carbocycles. The summed E-state index contributed by atoms with van der Waals surface area (Å²) in [5.74, 6) is 2.16. The van der Waals surface area contributed by atoms with Gasteiger partial charge in [-0.3, -0.25) is 4.99 Å². The lowest BCUT2D eigenvalue weighted by molar-refractivity contribution is 1.33. The lowest BCUT2D eigenvalue weighted by Gasteiger charge is -2.02. The fraction of sp³-hybridized carbons (Fsp3) is 0.417. The summed E-state index contributed by atoms with van der Waals surface area (Å²) in [6.45, 7) is 6.37. The molecule has 0 aliphatic carbocycles. The summed E-state index contributed by atoms with van der Waals surface area (Å²) >= 11 is 1.89. The molecule has 0 spiro atoms. The third-order valence-electron chi connectivity index (χ3n) is 2.06. The van der Waals surface area contributed by atoms with Gasteiger partial charge in [0, 0.05) is 12.0 Å². The Hall–Kier alpha value is -0.760. The van der Waals surface area contributed by atoms with Crippen LogP contribution < -0.4 is 0 Å². The van der Waals surface area contributed by atoms with Crippen LogP contribution in [-0.4, -0.2) is 17.7 Å². The predicted octanol–water partition coefficient (Wildman–Crippen LogP) is 3.76. The molecule has 0 aliphatic rings. The predicted molar refractivity (Wildman–Crippen MR) is 67.1 cm³/mol. The van der Waals surface area contributed by atoms with Crippen LogP contribution in [0.25, 0.3) is 0 Å². The molecule has 0 saturated heterocycles. The molecule has 0 radical (unpaired) electrons. The van der Waals surface area contributed by atoms with Crippen LogP contribution in [0.1, 0.15) is 18.1 Å². The fourth-order valence-electron chi connectivity index (χ4n) is 1.31. The van der Waals surface area contributed by atoms with E-state index in [4.69, 9.17) is 0 Å². The van der Waals surface area contributed by atoms with Crippen molar-refractivity contribution in [1.29, 1.82) is 0 Å². The number of thioether (sulfide) groups is 1. The summed E-state index contributed by atoms with van der Waals surface area (Å²) in [7, 11) is 0. The maximum atomic E-state index is 4.50. The average molecular weight is 207 g/mol. The van der Waals surface area contributed by atoms with Crippen LogP contribution in [0, 0.1) is 13.8 Å². The minimum atomic E-state index is 1.00. The van der Waals surface area contributed by atoms with Gasteiger partial charge in [-0.15, -0.1) is 0 Å². The lowest BCUT2D eigenvalue weighted by Crippen LogP contribution is -1.83. The van der Waals surface area contributed by atoms with E-state index in [2.05, 4.69) is 44.0 Å². The van der Waals surface area contributed by atoms with E-state index < -0.39 is 0 Å². The summed E-state index contributed by atoms with van der Waals surface area (Å²) in [6.07, 6.45) is 2.00. The molecule has 1 nitrogen and oxygen atoms in total. The SMILES string of the molecule is CCSCC=Nc1c(C)cccc1C. The standard InChI is InChI=1S/C12H17NS/c1-4-14-9-8-13-12-10(2)6-5-7-11(12)3/h5-8H,4,9H2,1-3H3. The van der Waals surface area contributed by atoms with Crippen LogP contribution in [0.4, 0.5) is 5.69 Å². The van der Waals surface area contributed by atoms with E-state index in [0.29, 0.717) is 0 Å². The summed E-state index contributed by atoms with van der Waals surface area (Å²) in [5.41, 5.74) is 3.63. The molecule has 1 rings (SSSR count). The smallest absolute Gasteiger partial charge is 0.0684 e. The summed E-state index contributed by atoms with van der Waals surface area (Å²) in [6, 6.07) is 6.28. The van der Waals surface area contributed by atoms with Crippen LogP contribution in [0.5, 0.6) is 0 Å². The number of benzene rings is 1. The minimum Gasteiger partial charge on any atom is -0.260 e. The third kappa shape index (κ3) is 3.18. The largest absolute Gasteiger partial charge is 0.260 e. The Morgan fingerprint density at radius 3 is 2.50 bits per heavy atom. The van der Waals surface area contributed by atoms with Gasteiger partial charge in [-0.25, -0.2) is 0 Å². The quantitative estimate of drug-likeness (QED) is 0.541. The highest BCUT2D eigenvalue weighted by molar-refractivity contribution is 7.99. The van der Waals surface area contributed by atoms with Crippen molar-refractivity contribution in [2.45, 2.75) is 20.8 Å². The van der Waals surface area contributed by atoms with Gasteiger partial charge in [0.15, 0.2) is 0 Å². The van der Waals surface area contributed by atoms with Crippen LogP contribution >= 0.6 is 11.8 Å². The van der Waals surface area contributed by atoms with Gasteiger partial charge >= 0.3 is 0 Å². The van der Waals surface area contributed by atoms with Crippen LogP contribution in [0.15, 0.2) is 23.2 Å². The maximum Gasteiger partial charge on any atom is 0.0684 e. The van der Waals surface area contributed by atoms with Crippen molar-refractivity contribution in [1.82, 2.24) is 0 Å². The molecule has 0 aliphatic heterocycles. The van der Waals surface area contributed by atoms with Crippen LogP contribution in [0.3, 0.4) is 0 Å². The summed E-state index contributed by atoms with van der Waals surface area (Å²) in [5, 5.41) is 0. The Bertz CT molecular complexity index is 298. The second-order valence-corrected chi connectivity index (χ2v) is 4.53. The van der Waals surface area contributed by atoms with Crippen molar-refractivity contribution in [2.24, 2.45) is 4.99 Å². The molecule has 0 fully saturated rings. The Morgan fingerprint density at radius 1 is 1.29 bits per heavy atom. The lowest BCUT2D eigenvalue weighted by atomic mass is 10.1. The normalized spacial score (nSPS) is 11.1. The molecular formula is C12H17NS. The number of hydrogen-bond acceptors (Lipinski definition) is 2. The molecule has 0 bridgehead atoms. The molecule has 0 amide bonds. The highest BCUT2D eigenvalue weighted by atomic mass is 32.2. The van der Waals surface area contributed by atoms with Crippen LogP contribution in [-0.2, 0) is 0 Å². The van der Waals surface area contributed by atoms with E-state index in [1.54, 1.807) is 0 Å². The molecular weight excluding hydrogens is 190 g/mol. The second-order valence-electron chi connectivity index (χ2n) is 3.21. The van der Waals surface area contributed by atoms with E-state index in [1.165, 1.54) is 11.1 Å². The zero-order valence-electron chi connectivity index (χ0n) is 9.08. The molecule has 14 heavy (non-hydrogen) atoms. The molecule has 0 heterocycles. The van der Waals surface area contributed by atoms with Crippen molar-refractivity contribution in [2.75, 3.05) is 11.5 Å². The van der Waals surface area contributed by atoms with Gasteiger partial charge in [0.2, 0.25) is 0 Å². The van der Waals surface area contributed by atoms with Gasteiger partial charge in [0.1, 0.15) is 0 Å². The molecule has 0 atom stereocenters. The molecule has 0 unspecified atom stereocenters.